The molecule has 0 fully saturated rings. The van der Waals surface area contributed by atoms with Crippen LogP contribution in [0.5, 0.6) is 5.75 Å². The molecule has 0 saturated heterocycles. The van der Waals surface area contributed by atoms with Crippen LogP contribution in [0, 0.1) is 0 Å². The van der Waals surface area contributed by atoms with Crippen molar-refractivity contribution >= 4 is 5.78 Å². The van der Waals surface area contributed by atoms with E-state index in [1.807, 2.05) is 0 Å². The maximum atomic E-state index is 11.9. The van der Waals surface area contributed by atoms with E-state index >= 15 is 0 Å². The number of hydrogen-bond donors (Lipinski definition) is 1. The molecule has 16 heavy (non-hydrogen) atoms. The van der Waals surface area contributed by atoms with Crippen molar-refractivity contribution < 1.29 is 9.53 Å². The molecule has 0 bridgehead atoms. The molecule has 0 aliphatic carbocycles. The minimum absolute atomic E-state index is 0.0103. The van der Waals surface area contributed by atoms with Crippen molar-refractivity contribution in [1.82, 2.24) is 0 Å². The van der Waals surface area contributed by atoms with Gasteiger partial charge in [-0.1, -0.05) is 19.8 Å². The van der Waals surface area contributed by atoms with Crippen molar-refractivity contribution in [2.45, 2.75) is 32.2 Å². The van der Waals surface area contributed by atoms with Gasteiger partial charge in [0.05, 0.1) is 13.2 Å². The number of hydrogen-bond acceptors (Lipinski definition) is 3. The summed E-state index contributed by atoms with van der Waals surface area (Å²) in [6, 6.07) is 6.69. The Bertz CT molecular complexity index is 332. The van der Waals surface area contributed by atoms with E-state index in [-0.39, 0.29) is 11.8 Å². The van der Waals surface area contributed by atoms with Crippen LogP contribution in [0.1, 0.15) is 36.5 Å². The molecule has 0 aromatic heterocycles. The van der Waals surface area contributed by atoms with Gasteiger partial charge in [0.25, 0.3) is 0 Å². The van der Waals surface area contributed by atoms with Gasteiger partial charge in [-0.3, -0.25) is 4.79 Å². The zero-order valence-corrected chi connectivity index (χ0v) is 9.90. The Morgan fingerprint density at radius 3 is 2.50 bits per heavy atom. The number of carbonyl (C=O) groups excluding carboxylic acids is 1. The predicted molar refractivity (Wildman–Crippen MR) is 64.8 cm³/mol. The highest BCUT2D eigenvalue weighted by molar-refractivity contribution is 6.00. The lowest BCUT2D eigenvalue weighted by Gasteiger charge is -2.10. The monoisotopic (exact) mass is 221 g/mol. The van der Waals surface area contributed by atoms with Crippen LogP contribution < -0.4 is 10.5 Å². The van der Waals surface area contributed by atoms with E-state index in [2.05, 4.69) is 6.92 Å². The molecule has 88 valence electrons. The lowest BCUT2D eigenvalue weighted by atomic mass is 10.0. The van der Waals surface area contributed by atoms with Crippen molar-refractivity contribution in [2.75, 3.05) is 7.11 Å². The van der Waals surface area contributed by atoms with Crippen molar-refractivity contribution in [3.05, 3.63) is 29.8 Å². The molecule has 1 aromatic rings. The standard InChI is InChI=1S/C13H19NO2/c1-3-4-5-12(14)13(15)10-6-8-11(16-2)9-7-10/h6-9,12H,3-5,14H2,1-2H3. The Balaban J connectivity index is 2.64. The van der Waals surface area contributed by atoms with Crippen LogP contribution in [0.15, 0.2) is 24.3 Å². The summed E-state index contributed by atoms with van der Waals surface area (Å²) in [4.78, 5) is 11.9. The van der Waals surface area contributed by atoms with Crippen LogP contribution in [-0.4, -0.2) is 18.9 Å². The Hall–Kier alpha value is -1.35. The van der Waals surface area contributed by atoms with E-state index in [4.69, 9.17) is 10.5 Å². The SMILES string of the molecule is CCCCC(N)C(=O)c1ccc(OC)cc1. The smallest absolute Gasteiger partial charge is 0.179 e. The quantitative estimate of drug-likeness (QED) is 0.750. The van der Waals surface area contributed by atoms with Gasteiger partial charge in [0.2, 0.25) is 0 Å². The molecule has 2 N–H and O–H groups in total. The fourth-order valence-corrected chi connectivity index (χ4v) is 1.52. The number of Topliss-reactive ketones (excluding diaryl/α,β-unsaturated/α-hetero) is 1. The molecule has 1 unspecified atom stereocenters. The molecule has 1 rings (SSSR count). The van der Waals surface area contributed by atoms with E-state index in [1.54, 1.807) is 31.4 Å². The number of benzene rings is 1. The van der Waals surface area contributed by atoms with E-state index in [0.717, 1.165) is 25.0 Å². The van der Waals surface area contributed by atoms with E-state index in [9.17, 15) is 4.79 Å². The molecule has 0 amide bonds. The van der Waals surface area contributed by atoms with E-state index in [1.165, 1.54) is 0 Å². The molecule has 0 saturated carbocycles. The first-order chi connectivity index (χ1) is 7.69. The number of unbranched alkanes of at least 4 members (excludes halogenated alkanes) is 1. The average Bonchev–Trinajstić information content (AvgIpc) is 2.35. The van der Waals surface area contributed by atoms with Gasteiger partial charge in [0, 0.05) is 5.56 Å². The van der Waals surface area contributed by atoms with E-state index in [0.29, 0.717) is 5.56 Å². The lowest BCUT2D eigenvalue weighted by molar-refractivity contribution is 0.0956. The summed E-state index contributed by atoms with van der Waals surface area (Å²) in [6.07, 6.45) is 2.80. The van der Waals surface area contributed by atoms with Gasteiger partial charge < -0.3 is 10.5 Å². The van der Waals surface area contributed by atoms with Crippen molar-refractivity contribution in [3.63, 3.8) is 0 Å². The Morgan fingerprint density at radius 2 is 2.00 bits per heavy atom. The van der Waals surface area contributed by atoms with Crippen molar-refractivity contribution in [3.8, 4) is 5.75 Å². The number of rotatable bonds is 6. The van der Waals surface area contributed by atoms with Crippen LogP contribution in [-0.2, 0) is 0 Å². The molecule has 0 heterocycles. The Kier molecular flexibility index (Phi) is 4.99. The predicted octanol–water partition coefficient (Wildman–Crippen LogP) is 2.40. The lowest BCUT2D eigenvalue weighted by Crippen LogP contribution is -2.30. The van der Waals surface area contributed by atoms with Crippen LogP contribution in [0.25, 0.3) is 0 Å². The first-order valence-corrected chi connectivity index (χ1v) is 5.63. The van der Waals surface area contributed by atoms with Crippen LogP contribution in [0.3, 0.4) is 0 Å². The van der Waals surface area contributed by atoms with Gasteiger partial charge >= 0.3 is 0 Å². The van der Waals surface area contributed by atoms with Crippen molar-refractivity contribution in [1.29, 1.82) is 0 Å². The third-order valence-corrected chi connectivity index (χ3v) is 2.58. The minimum atomic E-state index is -0.381. The Morgan fingerprint density at radius 1 is 1.38 bits per heavy atom. The first-order valence-electron chi connectivity index (χ1n) is 5.63. The zero-order valence-electron chi connectivity index (χ0n) is 9.90. The maximum Gasteiger partial charge on any atom is 0.179 e. The molecule has 0 aliphatic heterocycles. The third kappa shape index (κ3) is 3.35. The second kappa shape index (κ2) is 6.28. The third-order valence-electron chi connectivity index (χ3n) is 2.58. The van der Waals surface area contributed by atoms with Crippen LogP contribution >= 0.6 is 0 Å². The molecule has 3 nitrogen and oxygen atoms in total. The van der Waals surface area contributed by atoms with Crippen LogP contribution in [0.4, 0.5) is 0 Å². The fourth-order valence-electron chi connectivity index (χ4n) is 1.52. The van der Waals surface area contributed by atoms with Gasteiger partial charge in [-0.15, -0.1) is 0 Å². The number of ketones is 1. The van der Waals surface area contributed by atoms with Gasteiger partial charge in [-0.05, 0) is 30.7 Å². The second-order valence-corrected chi connectivity index (χ2v) is 3.84. The van der Waals surface area contributed by atoms with Gasteiger partial charge in [0.1, 0.15) is 5.75 Å². The summed E-state index contributed by atoms with van der Waals surface area (Å²) < 4.78 is 5.03. The number of ether oxygens (including phenoxy) is 1. The molecule has 1 aromatic carbocycles. The Labute approximate surface area is 96.6 Å². The summed E-state index contributed by atoms with van der Waals surface area (Å²) in [7, 11) is 1.60. The summed E-state index contributed by atoms with van der Waals surface area (Å²) in [5.74, 6) is 0.759. The number of methoxy groups -OCH3 is 1. The second-order valence-electron chi connectivity index (χ2n) is 3.84. The number of nitrogens with two attached hydrogens (primary N) is 1. The maximum absolute atomic E-state index is 11.9. The normalized spacial score (nSPS) is 12.2. The molecule has 3 heteroatoms. The average molecular weight is 221 g/mol. The van der Waals surface area contributed by atoms with Gasteiger partial charge in [-0.2, -0.15) is 0 Å². The topological polar surface area (TPSA) is 52.3 Å². The summed E-state index contributed by atoms with van der Waals surface area (Å²) >= 11 is 0. The highest BCUT2D eigenvalue weighted by Crippen LogP contribution is 2.13. The summed E-state index contributed by atoms with van der Waals surface area (Å²) in [5, 5.41) is 0. The molecular formula is C13H19NO2. The highest BCUT2D eigenvalue weighted by atomic mass is 16.5. The molecule has 0 radical (unpaired) electrons. The minimum Gasteiger partial charge on any atom is -0.497 e. The molecule has 0 aliphatic rings. The van der Waals surface area contributed by atoms with Gasteiger partial charge in [-0.25, -0.2) is 0 Å². The largest absolute Gasteiger partial charge is 0.497 e. The van der Waals surface area contributed by atoms with E-state index < -0.39 is 0 Å². The fraction of sp³-hybridized carbons (Fsp3) is 0.462. The first kappa shape index (κ1) is 12.7. The molecular weight excluding hydrogens is 202 g/mol. The van der Waals surface area contributed by atoms with Crippen molar-refractivity contribution in [2.24, 2.45) is 5.73 Å². The summed E-state index contributed by atoms with van der Waals surface area (Å²) in [5.41, 5.74) is 6.48. The zero-order chi connectivity index (χ0) is 12.0. The van der Waals surface area contributed by atoms with Crippen LogP contribution in [0.2, 0.25) is 0 Å². The summed E-state index contributed by atoms with van der Waals surface area (Å²) in [6.45, 7) is 2.09. The number of carbonyl (C=O) groups is 1. The molecule has 1 atom stereocenters. The van der Waals surface area contributed by atoms with Gasteiger partial charge in [0.15, 0.2) is 5.78 Å². The molecule has 0 spiro atoms. The highest BCUT2D eigenvalue weighted by Gasteiger charge is 2.14.